The van der Waals surface area contributed by atoms with E-state index in [1.54, 1.807) is 13.8 Å². The zero-order valence-corrected chi connectivity index (χ0v) is 15.8. The number of methoxy groups -OCH3 is 2. The van der Waals surface area contributed by atoms with Gasteiger partial charge in [-0.2, -0.15) is 8.78 Å². The van der Waals surface area contributed by atoms with Gasteiger partial charge < -0.3 is 24.1 Å². The molecule has 152 valence electrons. The van der Waals surface area contributed by atoms with Crippen LogP contribution in [0.15, 0.2) is 16.7 Å². The fourth-order valence-electron chi connectivity index (χ4n) is 2.60. The standard InChI is InChI=1S/C18H20F2N2O6/c1-9-11(10(2)28-22-9)5-6-16(23)21-13-8-15(27-18(19)20)14(25-3)7-12(13)17(24)26-4/h7-8,18H,5-6H2,1-4H3,(H,21,23). The van der Waals surface area contributed by atoms with Crippen LogP contribution in [-0.2, 0) is 16.0 Å². The molecule has 10 heteroatoms. The minimum atomic E-state index is -3.11. The van der Waals surface area contributed by atoms with E-state index in [9.17, 15) is 18.4 Å². The number of anilines is 1. The highest BCUT2D eigenvalue weighted by Gasteiger charge is 2.21. The van der Waals surface area contributed by atoms with Crippen molar-refractivity contribution in [1.82, 2.24) is 5.16 Å². The molecule has 0 spiro atoms. The fraction of sp³-hybridized carbons (Fsp3) is 0.389. The molecule has 0 atom stereocenters. The number of carbonyl (C=O) groups excluding carboxylic acids is 2. The van der Waals surface area contributed by atoms with E-state index in [-0.39, 0.29) is 29.2 Å². The Balaban J connectivity index is 2.25. The number of ether oxygens (including phenoxy) is 3. The van der Waals surface area contributed by atoms with Crippen LogP contribution < -0.4 is 14.8 Å². The average molecular weight is 398 g/mol. The summed E-state index contributed by atoms with van der Waals surface area (Å²) in [5.74, 6) is -1.04. The first kappa shape index (κ1) is 21.1. The Labute approximate surface area is 159 Å². The fourth-order valence-corrected chi connectivity index (χ4v) is 2.60. The number of halogens is 2. The van der Waals surface area contributed by atoms with E-state index in [1.807, 2.05) is 0 Å². The van der Waals surface area contributed by atoms with Gasteiger partial charge in [0.15, 0.2) is 11.5 Å². The Morgan fingerprint density at radius 2 is 1.93 bits per heavy atom. The average Bonchev–Trinajstić information content (AvgIpc) is 2.97. The summed E-state index contributed by atoms with van der Waals surface area (Å²) in [6, 6.07) is 2.25. The smallest absolute Gasteiger partial charge is 0.387 e. The number of nitrogens with one attached hydrogen (secondary N) is 1. The molecule has 0 aliphatic carbocycles. The predicted octanol–water partition coefficient (Wildman–Crippen LogP) is 3.26. The molecule has 1 amide bonds. The first-order valence-corrected chi connectivity index (χ1v) is 8.23. The number of aryl methyl sites for hydroxylation is 2. The monoisotopic (exact) mass is 398 g/mol. The van der Waals surface area contributed by atoms with Crippen LogP contribution in [0, 0.1) is 13.8 Å². The van der Waals surface area contributed by atoms with Crippen LogP contribution in [0.3, 0.4) is 0 Å². The Morgan fingerprint density at radius 1 is 1.21 bits per heavy atom. The molecule has 1 aromatic heterocycles. The largest absolute Gasteiger partial charge is 0.493 e. The second-order valence-corrected chi connectivity index (χ2v) is 5.77. The molecule has 1 heterocycles. The van der Waals surface area contributed by atoms with E-state index < -0.39 is 18.5 Å². The normalized spacial score (nSPS) is 10.7. The molecule has 1 aromatic carbocycles. The van der Waals surface area contributed by atoms with Crippen molar-refractivity contribution < 1.29 is 37.1 Å². The lowest BCUT2D eigenvalue weighted by molar-refractivity contribution is -0.116. The third-order valence-electron chi connectivity index (χ3n) is 3.98. The molecule has 0 unspecified atom stereocenters. The lowest BCUT2D eigenvalue weighted by atomic mass is 10.1. The van der Waals surface area contributed by atoms with Gasteiger partial charge in [0, 0.05) is 24.1 Å². The first-order valence-electron chi connectivity index (χ1n) is 8.23. The molecule has 1 N–H and O–H groups in total. The van der Waals surface area contributed by atoms with Crippen molar-refractivity contribution in [2.24, 2.45) is 0 Å². The summed E-state index contributed by atoms with van der Waals surface area (Å²) in [5.41, 5.74) is 1.39. The van der Waals surface area contributed by atoms with E-state index in [0.717, 1.165) is 24.8 Å². The lowest BCUT2D eigenvalue weighted by Gasteiger charge is -2.15. The molecule has 28 heavy (non-hydrogen) atoms. The Hall–Kier alpha value is -3.17. The highest BCUT2D eigenvalue weighted by Crippen LogP contribution is 2.35. The van der Waals surface area contributed by atoms with Crippen LogP contribution in [0.2, 0.25) is 0 Å². The van der Waals surface area contributed by atoms with Crippen LogP contribution in [0.25, 0.3) is 0 Å². The van der Waals surface area contributed by atoms with E-state index in [4.69, 9.17) is 9.26 Å². The molecule has 2 aromatic rings. The highest BCUT2D eigenvalue weighted by atomic mass is 19.3. The minimum Gasteiger partial charge on any atom is -0.493 e. The first-order chi connectivity index (χ1) is 13.3. The predicted molar refractivity (Wildman–Crippen MR) is 93.9 cm³/mol. The van der Waals surface area contributed by atoms with Gasteiger partial charge in [0.05, 0.1) is 31.2 Å². The van der Waals surface area contributed by atoms with Crippen molar-refractivity contribution in [2.75, 3.05) is 19.5 Å². The number of nitrogens with zero attached hydrogens (tertiary/aromatic N) is 1. The van der Waals surface area contributed by atoms with Gasteiger partial charge in [0.1, 0.15) is 5.76 Å². The number of aromatic nitrogens is 1. The topological polar surface area (TPSA) is 99.9 Å². The van der Waals surface area contributed by atoms with Crippen LogP contribution in [-0.4, -0.2) is 37.9 Å². The van der Waals surface area contributed by atoms with Crippen LogP contribution >= 0.6 is 0 Å². The van der Waals surface area contributed by atoms with Gasteiger partial charge in [-0.3, -0.25) is 4.79 Å². The number of esters is 1. The van der Waals surface area contributed by atoms with E-state index >= 15 is 0 Å². The van der Waals surface area contributed by atoms with Gasteiger partial charge in [-0.1, -0.05) is 5.16 Å². The maximum Gasteiger partial charge on any atom is 0.387 e. The molecule has 0 aliphatic heterocycles. The quantitative estimate of drug-likeness (QED) is 0.681. The zero-order valence-electron chi connectivity index (χ0n) is 15.8. The van der Waals surface area contributed by atoms with Crippen molar-refractivity contribution >= 4 is 17.6 Å². The number of rotatable bonds is 8. The second kappa shape index (κ2) is 9.16. The van der Waals surface area contributed by atoms with Gasteiger partial charge in [0.2, 0.25) is 5.91 Å². The minimum absolute atomic E-state index is 0.0351. The van der Waals surface area contributed by atoms with Gasteiger partial charge >= 0.3 is 12.6 Å². The molecule has 2 rings (SSSR count). The van der Waals surface area contributed by atoms with Crippen LogP contribution in [0.1, 0.15) is 33.8 Å². The summed E-state index contributed by atoms with van der Waals surface area (Å²) < 4.78 is 44.4. The Morgan fingerprint density at radius 3 is 2.46 bits per heavy atom. The summed E-state index contributed by atoms with van der Waals surface area (Å²) in [5, 5.41) is 6.34. The molecule has 0 saturated carbocycles. The van der Waals surface area contributed by atoms with Crippen LogP contribution in [0.5, 0.6) is 11.5 Å². The number of alkyl halides is 2. The summed E-state index contributed by atoms with van der Waals surface area (Å²) >= 11 is 0. The molecule has 0 fully saturated rings. The Kier molecular flexibility index (Phi) is 6.91. The summed E-state index contributed by atoms with van der Waals surface area (Å²) in [4.78, 5) is 24.4. The number of benzene rings is 1. The van der Waals surface area contributed by atoms with Crippen molar-refractivity contribution in [2.45, 2.75) is 33.3 Å². The number of amides is 1. The third kappa shape index (κ3) is 4.96. The zero-order chi connectivity index (χ0) is 20.8. The van der Waals surface area contributed by atoms with Crippen molar-refractivity contribution in [3.8, 4) is 11.5 Å². The molecular weight excluding hydrogens is 378 g/mol. The highest BCUT2D eigenvalue weighted by molar-refractivity contribution is 6.02. The van der Waals surface area contributed by atoms with Crippen LogP contribution in [0.4, 0.5) is 14.5 Å². The molecule has 0 saturated heterocycles. The molecular formula is C18H20F2N2O6. The maximum atomic E-state index is 12.6. The molecule has 0 bridgehead atoms. The Bertz CT molecular complexity index is 847. The third-order valence-corrected chi connectivity index (χ3v) is 3.98. The van der Waals surface area contributed by atoms with Gasteiger partial charge in [-0.05, 0) is 20.3 Å². The van der Waals surface area contributed by atoms with E-state index in [1.165, 1.54) is 7.11 Å². The van der Waals surface area contributed by atoms with E-state index in [2.05, 4.69) is 19.9 Å². The van der Waals surface area contributed by atoms with Crippen molar-refractivity contribution in [3.63, 3.8) is 0 Å². The number of hydrogen-bond donors (Lipinski definition) is 1. The maximum absolute atomic E-state index is 12.6. The SMILES string of the molecule is COC(=O)c1cc(OC)c(OC(F)F)cc1NC(=O)CCc1c(C)noc1C. The molecule has 8 nitrogen and oxygen atoms in total. The van der Waals surface area contributed by atoms with E-state index in [0.29, 0.717) is 17.9 Å². The van der Waals surface area contributed by atoms with Gasteiger partial charge in [0.25, 0.3) is 0 Å². The van der Waals surface area contributed by atoms with Gasteiger partial charge in [-0.15, -0.1) is 0 Å². The molecule has 0 aliphatic rings. The van der Waals surface area contributed by atoms with Crippen molar-refractivity contribution in [3.05, 3.63) is 34.7 Å². The summed E-state index contributed by atoms with van der Waals surface area (Å²) in [7, 11) is 2.39. The number of hydrogen-bond acceptors (Lipinski definition) is 7. The summed E-state index contributed by atoms with van der Waals surface area (Å²) in [6.45, 7) is 0.386. The molecule has 0 radical (unpaired) electrons. The van der Waals surface area contributed by atoms with Crippen molar-refractivity contribution in [1.29, 1.82) is 0 Å². The number of carbonyl (C=O) groups is 2. The lowest BCUT2D eigenvalue weighted by Crippen LogP contribution is -2.17. The second-order valence-electron chi connectivity index (χ2n) is 5.77. The summed E-state index contributed by atoms with van der Waals surface area (Å²) in [6.07, 6.45) is 0.414. The van der Waals surface area contributed by atoms with Gasteiger partial charge in [-0.25, -0.2) is 4.79 Å².